The van der Waals surface area contributed by atoms with Crippen molar-refractivity contribution in [3.63, 3.8) is 0 Å². The van der Waals surface area contributed by atoms with E-state index in [1.807, 2.05) is 0 Å². The van der Waals surface area contributed by atoms with Gasteiger partial charge in [-0.1, -0.05) is 20.8 Å². The molecule has 0 bridgehead atoms. The molecule has 2 aliphatic heterocycles. The third-order valence-electron chi connectivity index (χ3n) is 3.95. The van der Waals surface area contributed by atoms with Crippen molar-refractivity contribution in [3.8, 4) is 0 Å². The first-order valence-corrected chi connectivity index (χ1v) is 6.53. The van der Waals surface area contributed by atoms with Gasteiger partial charge in [0, 0.05) is 25.7 Å². The molecule has 0 radical (unpaired) electrons. The summed E-state index contributed by atoms with van der Waals surface area (Å²) in [7, 11) is 2.25. The summed E-state index contributed by atoms with van der Waals surface area (Å²) >= 11 is 0. The van der Waals surface area contributed by atoms with Gasteiger partial charge in [0.15, 0.2) is 0 Å². The van der Waals surface area contributed by atoms with E-state index in [1.165, 1.54) is 19.4 Å². The average Bonchev–Trinajstić information content (AvgIpc) is 2.12. The van der Waals surface area contributed by atoms with E-state index in [4.69, 9.17) is 4.74 Å². The highest BCUT2D eigenvalue weighted by molar-refractivity contribution is 4.89. The summed E-state index contributed by atoms with van der Waals surface area (Å²) in [6.07, 6.45) is 3.34. The standard InChI is InChI=1S/C13H26N2O/c1-13(2,3)12-7-10(5-6-15(12)4)16-11-8-14-9-11/h10-12,14H,5-9H2,1-4H3. The van der Waals surface area contributed by atoms with Crippen LogP contribution in [0.2, 0.25) is 0 Å². The monoisotopic (exact) mass is 226 g/mol. The van der Waals surface area contributed by atoms with Crippen LogP contribution in [0.25, 0.3) is 0 Å². The molecule has 2 unspecified atom stereocenters. The zero-order chi connectivity index (χ0) is 11.8. The lowest BCUT2D eigenvalue weighted by Crippen LogP contribution is -2.54. The summed E-state index contributed by atoms with van der Waals surface area (Å²) in [6, 6.07) is 0.652. The van der Waals surface area contributed by atoms with Gasteiger partial charge in [0.25, 0.3) is 0 Å². The molecule has 0 saturated carbocycles. The summed E-state index contributed by atoms with van der Waals surface area (Å²) in [5.41, 5.74) is 0.356. The molecule has 0 amide bonds. The minimum absolute atomic E-state index is 0.356. The van der Waals surface area contributed by atoms with Gasteiger partial charge in [-0.05, 0) is 25.3 Å². The lowest BCUT2D eigenvalue weighted by Gasteiger charge is -2.45. The van der Waals surface area contributed by atoms with Gasteiger partial charge in [0.1, 0.15) is 0 Å². The Morgan fingerprint density at radius 1 is 1.19 bits per heavy atom. The Kier molecular flexibility index (Phi) is 3.57. The van der Waals surface area contributed by atoms with Crippen LogP contribution in [0.5, 0.6) is 0 Å². The van der Waals surface area contributed by atoms with Crippen LogP contribution in [-0.2, 0) is 4.74 Å². The topological polar surface area (TPSA) is 24.5 Å². The molecule has 1 N–H and O–H groups in total. The molecular formula is C13H26N2O. The molecule has 0 aromatic rings. The maximum atomic E-state index is 6.11. The maximum absolute atomic E-state index is 6.11. The Bertz CT molecular complexity index is 233. The van der Waals surface area contributed by atoms with Crippen LogP contribution in [0.4, 0.5) is 0 Å². The number of rotatable bonds is 2. The second-order valence-corrected chi connectivity index (χ2v) is 6.43. The summed E-state index contributed by atoms with van der Waals surface area (Å²) in [5, 5.41) is 3.27. The van der Waals surface area contributed by atoms with Gasteiger partial charge < -0.3 is 15.0 Å². The number of nitrogens with zero attached hydrogens (tertiary/aromatic N) is 1. The van der Waals surface area contributed by atoms with Crippen LogP contribution in [0.15, 0.2) is 0 Å². The first kappa shape index (κ1) is 12.3. The molecule has 0 aromatic heterocycles. The van der Waals surface area contributed by atoms with Crippen LogP contribution in [0.1, 0.15) is 33.6 Å². The molecule has 2 heterocycles. The predicted molar refractivity (Wildman–Crippen MR) is 66.6 cm³/mol. The Morgan fingerprint density at radius 2 is 1.88 bits per heavy atom. The molecular weight excluding hydrogens is 200 g/mol. The quantitative estimate of drug-likeness (QED) is 0.772. The first-order chi connectivity index (χ1) is 7.47. The third kappa shape index (κ3) is 2.76. The van der Waals surface area contributed by atoms with Gasteiger partial charge in [-0.15, -0.1) is 0 Å². The average molecular weight is 226 g/mol. The molecule has 94 valence electrons. The maximum Gasteiger partial charge on any atom is 0.0827 e. The predicted octanol–water partition coefficient (Wildman–Crippen LogP) is 1.48. The van der Waals surface area contributed by atoms with E-state index in [0.29, 0.717) is 23.7 Å². The van der Waals surface area contributed by atoms with Crippen LogP contribution in [0, 0.1) is 5.41 Å². The van der Waals surface area contributed by atoms with Crippen molar-refractivity contribution >= 4 is 0 Å². The van der Waals surface area contributed by atoms with Crippen molar-refractivity contribution in [3.05, 3.63) is 0 Å². The van der Waals surface area contributed by atoms with Gasteiger partial charge in [0.05, 0.1) is 12.2 Å². The summed E-state index contributed by atoms with van der Waals surface area (Å²) in [6.45, 7) is 10.3. The van der Waals surface area contributed by atoms with E-state index >= 15 is 0 Å². The third-order valence-corrected chi connectivity index (χ3v) is 3.95. The Balaban J connectivity index is 1.88. The minimum atomic E-state index is 0.356. The van der Waals surface area contributed by atoms with Crippen molar-refractivity contribution in [2.45, 2.75) is 51.9 Å². The van der Waals surface area contributed by atoms with Gasteiger partial charge in [-0.25, -0.2) is 0 Å². The molecule has 3 nitrogen and oxygen atoms in total. The fourth-order valence-corrected chi connectivity index (χ4v) is 2.82. The first-order valence-electron chi connectivity index (χ1n) is 6.53. The van der Waals surface area contributed by atoms with Gasteiger partial charge in [-0.3, -0.25) is 0 Å². The van der Waals surface area contributed by atoms with Crippen molar-refractivity contribution in [1.82, 2.24) is 10.2 Å². The van der Waals surface area contributed by atoms with Crippen LogP contribution in [0.3, 0.4) is 0 Å². The van der Waals surface area contributed by atoms with E-state index in [-0.39, 0.29) is 0 Å². The second kappa shape index (κ2) is 4.63. The largest absolute Gasteiger partial charge is 0.372 e. The Labute approximate surface area is 99.5 Å². The molecule has 0 aliphatic carbocycles. The van der Waals surface area contributed by atoms with Gasteiger partial charge in [-0.2, -0.15) is 0 Å². The molecule has 0 spiro atoms. The zero-order valence-electron chi connectivity index (χ0n) is 11.1. The van der Waals surface area contributed by atoms with Crippen LogP contribution in [-0.4, -0.2) is 49.8 Å². The van der Waals surface area contributed by atoms with Gasteiger partial charge in [0.2, 0.25) is 0 Å². The second-order valence-electron chi connectivity index (χ2n) is 6.43. The minimum Gasteiger partial charge on any atom is -0.372 e. The number of likely N-dealkylation sites (tertiary alicyclic amines) is 1. The number of piperidine rings is 1. The summed E-state index contributed by atoms with van der Waals surface area (Å²) in [5.74, 6) is 0. The van der Waals surface area contributed by atoms with Crippen LogP contribution >= 0.6 is 0 Å². The smallest absolute Gasteiger partial charge is 0.0827 e. The molecule has 2 saturated heterocycles. The normalized spacial score (nSPS) is 33.8. The fourth-order valence-electron chi connectivity index (χ4n) is 2.82. The lowest BCUT2D eigenvalue weighted by molar-refractivity contribution is -0.0838. The highest BCUT2D eigenvalue weighted by Gasteiger charge is 2.35. The Morgan fingerprint density at radius 3 is 2.38 bits per heavy atom. The van der Waals surface area contributed by atoms with Crippen molar-refractivity contribution in [2.75, 3.05) is 26.7 Å². The molecule has 3 heteroatoms. The number of hydrogen-bond acceptors (Lipinski definition) is 3. The molecule has 16 heavy (non-hydrogen) atoms. The van der Waals surface area contributed by atoms with Gasteiger partial charge >= 0.3 is 0 Å². The van der Waals surface area contributed by atoms with E-state index in [1.54, 1.807) is 0 Å². The molecule has 2 atom stereocenters. The van der Waals surface area contributed by atoms with Crippen molar-refractivity contribution in [2.24, 2.45) is 5.41 Å². The van der Waals surface area contributed by atoms with E-state index in [0.717, 1.165) is 13.1 Å². The fraction of sp³-hybridized carbons (Fsp3) is 1.00. The lowest BCUT2D eigenvalue weighted by atomic mass is 9.80. The summed E-state index contributed by atoms with van der Waals surface area (Å²) in [4.78, 5) is 2.50. The van der Waals surface area contributed by atoms with E-state index < -0.39 is 0 Å². The van der Waals surface area contributed by atoms with E-state index in [9.17, 15) is 0 Å². The number of ether oxygens (including phenoxy) is 1. The molecule has 2 aliphatic rings. The number of hydrogen-bond donors (Lipinski definition) is 1. The molecule has 2 fully saturated rings. The highest BCUT2D eigenvalue weighted by atomic mass is 16.5. The number of nitrogens with one attached hydrogen (secondary N) is 1. The van der Waals surface area contributed by atoms with Crippen molar-refractivity contribution in [1.29, 1.82) is 0 Å². The molecule has 0 aromatic carbocycles. The SMILES string of the molecule is CN1CCC(OC2CNC2)CC1C(C)(C)C. The molecule has 2 rings (SSSR count). The van der Waals surface area contributed by atoms with E-state index in [2.05, 4.69) is 38.0 Å². The van der Waals surface area contributed by atoms with Crippen LogP contribution < -0.4 is 5.32 Å². The zero-order valence-corrected chi connectivity index (χ0v) is 11.1. The highest BCUT2D eigenvalue weighted by Crippen LogP contribution is 2.32. The Hall–Kier alpha value is -0.120. The van der Waals surface area contributed by atoms with Crippen molar-refractivity contribution < 1.29 is 4.74 Å². The summed E-state index contributed by atoms with van der Waals surface area (Å²) < 4.78 is 6.11.